The fraction of sp³-hybridized carbons (Fsp3) is 0.188. The highest BCUT2D eigenvalue weighted by Gasteiger charge is 2.06. The van der Waals surface area contributed by atoms with E-state index in [9.17, 15) is 4.79 Å². The molecule has 20 heavy (non-hydrogen) atoms. The highest BCUT2D eigenvalue weighted by Crippen LogP contribution is 2.17. The molecule has 0 saturated heterocycles. The van der Waals surface area contributed by atoms with E-state index in [0.717, 1.165) is 21.2 Å². The lowest BCUT2D eigenvalue weighted by atomic mass is 10.1. The van der Waals surface area contributed by atoms with Gasteiger partial charge in [-0.15, -0.1) is 0 Å². The topological polar surface area (TPSA) is 49.3 Å². The first-order chi connectivity index (χ1) is 9.60. The minimum Gasteiger partial charge on any atom is -0.392 e. The molecule has 0 fully saturated rings. The minimum atomic E-state index is -0.100. The molecule has 2 rings (SSSR count). The van der Waals surface area contributed by atoms with Crippen LogP contribution in [0.1, 0.15) is 27.0 Å². The molecule has 3 nitrogen and oxygen atoms in total. The van der Waals surface area contributed by atoms with Gasteiger partial charge in [0.05, 0.1) is 6.61 Å². The molecule has 0 aromatic heterocycles. The number of nitrogens with one attached hydrogen (secondary N) is 1. The Labute approximate surface area is 126 Å². The lowest BCUT2D eigenvalue weighted by molar-refractivity contribution is 0.0951. The van der Waals surface area contributed by atoms with Crippen LogP contribution in [0.25, 0.3) is 0 Å². The van der Waals surface area contributed by atoms with Gasteiger partial charge in [0.15, 0.2) is 0 Å². The number of amides is 1. The zero-order chi connectivity index (χ0) is 14.5. The standard InChI is InChI=1S/C16H16BrNO2/c1-11-2-7-14(8-15(11)17)16(20)18-9-12-3-5-13(10-19)6-4-12/h2-8,19H,9-10H2,1H3,(H,18,20). The first-order valence-electron chi connectivity index (χ1n) is 6.33. The second-order valence-corrected chi connectivity index (χ2v) is 5.48. The maximum absolute atomic E-state index is 12.0. The Morgan fingerprint density at radius 3 is 2.40 bits per heavy atom. The molecule has 4 heteroatoms. The molecule has 2 aromatic rings. The molecule has 0 spiro atoms. The third-order valence-electron chi connectivity index (χ3n) is 3.09. The first kappa shape index (κ1) is 14.8. The van der Waals surface area contributed by atoms with Gasteiger partial charge in [0.1, 0.15) is 0 Å². The largest absolute Gasteiger partial charge is 0.392 e. The van der Waals surface area contributed by atoms with Crippen LogP contribution in [0.2, 0.25) is 0 Å². The van der Waals surface area contributed by atoms with E-state index in [1.807, 2.05) is 49.4 Å². The van der Waals surface area contributed by atoms with Gasteiger partial charge in [-0.3, -0.25) is 4.79 Å². The molecular formula is C16H16BrNO2. The minimum absolute atomic E-state index is 0.0318. The van der Waals surface area contributed by atoms with Crippen molar-refractivity contribution in [1.29, 1.82) is 0 Å². The van der Waals surface area contributed by atoms with Crippen LogP contribution in [0.3, 0.4) is 0 Å². The molecule has 0 unspecified atom stereocenters. The number of aryl methyl sites for hydroxylation is 1. The number of halogens is 1. The second kappa shape index (κ2) is 6.68. The highest BCUT2D eigenvalue weighted by molar-refractivity contribution is 9.10. The number of hydrogen-bond donors (Lipinski definition) is 2. The van der Waals surface area contributed by atoms with Crippen molar-refractivity contribution < 1.29 is 9.90 Å². The summed E-state index contributed by atoms with van der Waals surface area (Å²) in [5.41, 5.74) is 3.60. The van der Waals surface area contributed by atoms with Crippen molar-refractivity contribution in [3.8, 4) is 0 Å². The molecule has 0 aliphatic carbocycles. The summed E-state index contributed by atoms with van der Waals surface area (Å²) in [5.74, 6) is -0.100. The molecule has 104 valence electrons. The third kappa shape index (κ3) is 3.68. The van der Waals surface area contributed by atoms with Crippen molar-refractivity contribution in [2.45, 2.75) is 20.1 Å². The van der Waals surface area contributed by atoms with Gasteiger partial charge in [-0.05, 0) is 35.7 Å². The summed E-state index contributed by atoms with van der Waals surface area (Å²) in [7, 11) is 0. The van der Waals surface area contributed by atoms with E-state index < -0.39 is 0 Å². The average Bonchev–Trinajstić information content (AvgIpc) is 2.48. The lowest BCUT2D eigenvalue weighted by Gasteiger charge is -2.07. The normalized spacial score (nSPS) is 10.3. The van der Waals surface area contributed by atoms with E-state index in [0.29, 0.717) is 12.1 Å². The summed E-state index contributed by atoms with van der Waals surface area (Å²) >= 11 is 3.42. The van der Waals surface area contributed by atoms with Crippen LogP contribution < -0.4 is 5.32 Å². The van der Waals surface area contributed by atoms with Gasteiger partial charge in [-0.2, -0.15) is 0 Å². The van der Waals surface area contributed by atoms with Gasteiger partial charge in [-0.25, -0.2) is 0 Å². The maximum atomic E-state index is 12.0. The van der Waals surface area contributed by atoms with Crippen LogP contribution in [-0.2, 0) is 13.2 Å². The number of aliphatic hydroxyl groups excluding tert-OH is 1. The monoisotopic (exact) mass is 333 g/mol. The zero-order valence-electron chi connectivity index (χ0n) is 11.2. The fourth-order valence-corrected chi connectivity index (χ4v) is 2.16. The number of carbonyl (C=O) groups excluding carboxylic acids is 1. The number of aliphatic hydroxyl groups is 1. The van der Waals surface area contributed by atoms with E-state index in [1.165, 1.54) is 0 Å². The molecule has 0 bridgehead atoms. The third-order valence-corrected chi connectivity index (χ3v) is 3.95. The molecule has 2 aromatic carbocycles. The number of hydrogen-bond acceptors (Lipinski definition) is 2. The summed E-state index contributed by atoms with van der Waals surface area (Å²) in [6, 6.07) is 13.0. The summed E-state index contributed by atoms with van der Waals surface area (Å²) in [5, 5.41) is 11.8. The number of carbonyl (C=O) groups is 1. The summed E-state index contributed by atoms with van der Waals surface area (Å²) in [6.45, 7) is 2.48. The van der Waals surface area contributed by atoms with Crippen LogP contribution in [0.5, 0.6) is 0 Å². The van der Waals surface area contributed by atoms with Gasteiger partial charge in [-0.1, -0.05) is 46.3 Å². The Kier molecular flexibility index (Phi) is 4.93. The van der Waals surface area contributed by atoms with Crippen molar-refractivity contribution in [2.75, 3.05) is 0 Å². The maximum Gasteiger partial charge on any atom is 0.251 e. The lowest BCUT2D eigenvalue weighted by Crippen LogP contribution is -2.22. The van der Waals surface area contributed by atoms with Crippen molar-refractivity contribution in [1.82, 2.24) is 5.32 Å². The van der Waals surface area contributed by atoms with E-state index in [-0.39, 0.29) is 12.5 Å². The fourth-order valence-electron chi connectivity index (χ4n) is 1.78. The van der Waals surface area contributed by atoms with Crippen molar-refractivity contribution in [3.05, 3.63) is 69.2 Å². The van der Waals surface area contributed by atoms with Gasteiger partial charge in [0.25, 0.3) is 5.91 Å². The molecular weight excluding hydrogens is 318 g/mol. The Morgan fingerprint density at radius 2 is 1.80 bits per heavy atom. The van der Waals surface area contributed by atoms with Crippen molar-refractivity contribution in [2.24, 2.45) is 0 Å². The van der Waals surface area contributed by atoms with Crippen molar-refractivity contribution >= 4 is 21.8 Å². The number of rotatable bonds is 4. The van der Waals surface area contributed by atoms with Crippen molar-refractivity contribution in [3.63, 3.8) is 0 Å². The SMILES string of the molecule is Cc1ccc(C(=O)NCc2ccc(CO)cc2)cc1Br. The number of benzene rings is 2. The highest BCUT2D eigenvalue weighted by atomic mass is 79.9. The molecule has 0 heterocycles. The predicted molar refractivity (Wildman–Crippen MR) is 82.4 cm³/mol. The summed E-state index contributed by atoms with van der Waals surface area (Å²) in [6.07, 6.45) is 0. The molecule has 1 amide bonds. The average molecular weight is 334 g/mol. The van der Waals surface area contributed by atoms with Gasteiger partial charge < -0.3 is 10.4 Å². The van der Waals surface area contributed by atoms with E-state index in [2.05, 4.69) is 21.2 Å². The predicted octanol–water partition coefficient (Wildman–Crippen LogP) is 3.18. The molecule has 0 radical (unpaired) electrons. The van der Waals surface area contributed by atoms with E-state index in [4.69, 9.17) is 5.11 Å². The van der Waals surface area contributed by atoms with Crippen LogP contribution in [-0.4, -0.2) is 11.0 Å². The quantitative estimate of drug-likeness (QED) is 0.902. The van der Waals surface area contributed by atoms with E-state index in [1.54, 1.807) is 0 Å². The first-order valence-corrected chi connectivity index (χ1v) is 7.12. The van der Waals surface area contributed by atoms with Crippen LogP contribution in [0.4, 0.5) is 0 Å². The summed E-state index contributed by atoms with van der Waals surface area (Å²) < 4.78 is 0.928. The smallest absolute Gasteiger partial charge is 0.251 e. The zero-order valence-corrected chi connectivity index (χ0v) is 12.8. The van der Waals surface area contributed by atoms with Gasteiger partial charge in [0.2, 0.25) is 0 Å². The van der Waals surface area contributed by atoms with Crippen LogP contribution in [0.15, 0.2) is 46.9 Å². The Balaban J connectivity index is 1.98. The molecule has 0 aliphatic heterocycles. The Morgan fingerprint density at radius 1 is 1.15 bits per heavy atom. The molecule has 0 saturated carbocycles. The molecule has 0 aliphatic rings. The van der Waals surface area contributed by atoms with Crippen LogP contribution >= 0.6 is 15.9 Å². The molecule has 0 atom stereocenters. The summed E-state index contributed by atoms with van der Waals surface area (Å²) in [4.78, 5) is 12.0. The van der Waals surface area contributed by atoms with Gasteiger partial charge >= 0.3 is 0 Å². The second-order valence-electron chi connectivity index (χ2n) is 4.62. The van der Waals surface area contributed by atoms with E-state index >= 15 is 0 Å². The Bertz CT molecular complexity index is 608. The Hall–Kier alpha value is -1.65. The van der Waals surface area contributed by atoms with Crippen LogP contribution in [0, 0.1) is 6.92 Å². The van der Waals surface area contributed by atoms with Gasteiger partial charge in [0, 0.05) is 16.6 Å². The molecule has 2 N–H and O–H groups in total.